The van der Waals surface area contributed by atoms with Crippen molar-refractivity contribution in [2.24, 2.45) is 0 Å². The topological polar surface area (TPSA) is 64.1 Å². The van der Waals surface area contributed by atoms with E-state index in [4.69, 9.17) is 0 Å². The van der Waals surface area contributed by atoms with Crippen molar-refractivity contribution >= 4 is 22.6 Å². The lowest BCUT2D eigenvalue weighted by molar-refractivity contribution is -0.325. The minimum Gasteiger partial charge on any atom is -0.297 e. The molecule has 0 unspecified atom stereocenters. The molecule has 0 saturated carbocycles. The average Bonchev–Trinajstić information content (AvgIpc) is 2.11. The van der Waals surface area contributed by atoms with E-state index in [0.717, 1.165) is 4.57 Å². The van der Waals surface area contributed by atoms with Crippen LogP contribution in [0.15, 0.2) is 15.8 Å². The molecule has 0 spiro atoms. The first-order chi connectivity index (χ1) is 7.29. The number of halogens is 4. The summed E-state index contributed by atoms with van der Waals surface area (Å²) in [5, 5.41) is 0. The first-order valence-corrected chi connectivity index (χ1v) is 5.07. The van der Waals surface area contributed by atoms with Crippen LogP contribution in [0.4, 0.5) is 13.2 Å². The molecule has 0 atom stereocenters. The molecule has 1 heterocycles. The van der Waals surface area contributed by atoms with Gasteiger partial charge in [-0.25, -0.2) is 4.79 Å². The van der Waals surface area contributed by atoms with Crippen molar-refractivity contribution in [3.63, 3.8) is 0 Å². The smallest absolute Gasteiger partial charge is 0.297 e. The lowest BCUT2D eigenvalue weighted by Crippen LogP contribution is -2.32. The van der Waals surface area contributed by atoms with Gasteiger partial charge in [0.1, 0.15) is 0 Å². The summed E-state index contributed by atoms with van der Waals surface area (Å²) in [5.41, 5.74) is -1.34. The molecule has 1 rings (SSSR count). The van der Waals surface area contributed by atoms with Crippen LogP contribution in [0, 0.1) is 3.57 Å². The van der Waals surface area contributed by atoms with Crippen LogP contribution in [0.3, 0.4) is 0 Å². The molecule has 0 aliphatic heterocycles. The highest BCUT2D eigenvalue weighted by Gasteiger charge is 2.28. The molecule has 5 nitrogen and oxygen atoms in total. The van der Waals surface area contributed by atoms with E-state index in [1.165, 1.54) is 6.20 Å². The van der Waals surface area contributed by atoms with Gasteiger partial charge in [0.25, 0.3) is 5.56 Å². The molecule has 1 aromatic rings. The van der Waals surface area contributed by atoms with Gasteiger partial charge in [0, 0.05) is 6.20 Å². The number of alkyl halides is 3. The summed E-state index contributed by atoms with van der Waals surface area (Å²) in [4.78, 5) is 24.0. The Bertz CT molecular complexity index is 479. The largest absolute Gasteiger partial charge is 0.522 e. The number of ether oxygens (including phenoxy) is 1. The Hall–Kier alpha value is -0.840. The van der Waals surface area contributed by atoms with Crippen molar-refractivity contribution in [3.05, 3.63) is 30.6 Å². The minimum absolute atomic E-state index is 0.212. The molecule has 16 heavy (non-hydrogen) atoms. The lowest BCUT2D eigenvalue weighted by Gasteiger charge is -2.08. The van der Waals surface area contributed by atoms with Crippen LogP contribution in [0.5, 0.6) is 0 Å². The second-order valence-corrected chi connectivity index (χ2v) is 3.89. The molecule has 0 amide bonds. The molecule has 0 aliphatic rings. The molecular weight excluding hydrogens is 344 g/mol. The van der Waals surface area contributed by atoms with Gasteiger partial charge in [0.05, 0.1) is 16.7 Å². The number of hydrogen-bond donors (Lipinski definition) is 1. The summed E-state index contributed by atoms with van der Waals surface area (Å²) in [5.74, 6) is 0. The third-order valence-electron chi connectivity index (χ3n) is 1.57. The van der Waals surface area contributed by atoms with Crippen LogP contribution in [-0.2, 0) is 11.3 Å². The van der Waals surface area contributed by atoms with Crippen LogP contribution in [0.25, 0.3) is 0 Å². The zero-order valence-electron chi connectivity index (χ0n) is 7.68. The second-order valence-electron chi connectivity index (χ2n) is 2.72. The first-order valence-electron chi connectivity index (χ1n) is 3.99. The van der Waals surface area contributed by atoms with Gasteiger partial charge in [-0.15, -0.1) is 13.2 Å². The van der Waals surface area contributed by atoms with Crippen molar-refractivity contribution in [2.45, 2.75) is 12.9 Å². The molecule has 0 fully saturated rings. The van der Waals surface area contributed by atoms with E-state index in [1.807, 2.05) is 4.98 Å². The monoisotopic (exact) mass is 350 g/mol. The van der Waals surface area contributed by atoms with Crippen LogP contribution in [0.2, 0.25) is 0 Å². The number of nitrogens with zero attached hydrogens (tertiary/aromatic N) is 1. The number of nitrogens with one attached hydrogen (secondary N) is 1. The van der Waals surface area contributed by atoms with Crippen LogP contribution in [-0.4, -0.2) is 22.5 Å². The van der Waals surface area contributed by atoms with Gasteiger partial charge in [-0.3, -0.25) is 19.1 Å². The Morgan fingerprint density at radius 3 is 2.62 bits per heavy atom. The zero-order chi connectivity index (χ0) is 12.3. The molecular formula is C7H6F3IN2O3. The summed E-state index contributed by atoms with van der Waals surface area (Å²) >= 11 is 1.67. The van der Waals surface area contributed by atoms with Crippen molar-refractivity contribution in [1.29, 1.82) is 0 Å². The highest BCUT2D eigenvalue weighted by molar-refractivity contribution is 14.1. The lowest BCUT2D eigenvalue weighted by atomic mass is 10.6. The summed E-state index contributed by atoms with van der Waals surface area (Å²) in [6.45, 7) is -0.976. The number of rotatable bonds is 3. The minimum atomic E-state index is -4.72. The highest BCUT2D eigenvalue weighted by Crippen LogP contribution is 2.15. The first kappa shape index (κ1) is 13.2. The Balaban J connectivity index is 2.72. The Kier molecular flexibility index (Phi) is 4.13. The number of hydrogen-bond acceptors (Lipinski definition) is 3. The third-order valence-corrected chi connectivity index (χ3v) is 2.33. The maximum atomic E-state index is 11.6. The van der Waals surface area contributed by atoms with Crippen molar-refractivity contribution < 1.29 is 17.9 Å². The summed E-state index contributed by atoms with van der Waals surface area (Å²) in [6, 6.07) is 0. The fourth-order valence-corrected chi connectivity index (χ4v) is 1.38. The molecule has 1 N–H and O–H groups in total. The summed E-state index contributed by atoms with van der Waals surface area (Å²) < 4.78 is 39.6. The fraction of sp³-hybridized carbons (Fsp3) is 0.429. The van der Waals surface area contributed by atoms with Gasteiger partial charge in [-0.2, -0.15) is 0 Å². The number of H-pyrrole nitrogens is 1. The third kappa shape index (κ3) is 3.96. The predicted molar refractivity (Wildman–Crippen MR) is 56.0 cm³/mol. The van der Waals surface area contributed by atoms with E-state index in [9.17, 15) is 22.8 Å². The predicted octanol–water partition coefficient (Wildman–Crippen LogP) is 0.678. The standard InChI is InChI=1S/C7H6F3IN2O3/c8-7(9,10)16-2-1-13-3-4(11)5(14)12-6(13)15/h3H,1-2H2,(H,12,14,15). The van der Waals surface area contributed by atoms with Gasteiger partial charge in [0.15, 0.2) is 0 Å². The molecule has 0 aliphatic carbocycles. The van der Waals surface area contributed by atoms with Crippen LogP contribution in [0.1, 0.15) is 0 Å². The van der Waals surface area contributed by atoms with E-state index in [0.29, 0.717) is 0 Å². The Morgan fingerprint density at radius 1 is 1.44 bits per heavy atom. The summed E-state index contributed by atoms with van der Waals surface area (Å²) in [7, 11) is 0. The normalized spacial score (nSPS) is 11.8. The molecule has 0 bridgehead atoms. The number of aromatic nitrogens is 2. The van der Waals surface area contributed by atoms with Crippen molar-refractivity contribution in [3.8, 4) is 0 Å². The van der Waals surface area contributed by atoms with Crippen LogP contribution >= 0.6 is 22.6 Å². The fourth-order valence-electron chi connectivity index (χ4n) is 0.909. The zero-order valence-corrected chi connectivity index (χ0v) is 9.83. The maximum absolute atomic E-state index is 11.6. The van der Waals surface area contributed by atoms with Crippen molar-refractivity contribution in [2.75, 3.05) is 6.61 Å². The molecule has 90 valence electrons. The van der Waals surface area contributed by atoms with E-state index < -0.39 is 24.2 Å². The van der Waals surface area contributed by atoms with E-state index in [2.05, 4.69) is 4.74 Å². The van der Waals surface area contributed by atoms with Gasteiger partial charge in [0.2, 0.25) is 0 Å². The van der Waals surface area contributed by atoms with Gasteiger partial charge < -0.3 is 0 Å². The Morgan fingerprint density at radius 2 is 2.06 bits per heavy atom. The van der Waals surface area contributed by atoms with E-state index in [-0.39, 0.29) is 10.1 Å². The summed E-state index contributed by atoms with van der Waals surface area (Å²) in [6.07, 6.45) is -3.56. The molecule has 0 radical (unpaired) electrons. The number of aromatic amines is 1. The molecule has 0 saturated heterocycles. The maximum Gasteiger partial charge on any atom is 0.522 e. The quantitative estimate of drug-likeness (QED) is 0.816. The highest BCUT2D eigenvalue weighted by atomic mass is 127. The molecule has 1 aromatic heterocycles. The van der Waals surface area contributed by atoms with Crippen molar-refractivity contribution in [1.82, 2.24) is 9.55 Å². The average molecular weight is 350 g/mol. The van der Waals surface area contributed by atoms with Gasteiger partial charge in [-0.1, -0.05) is 0 Å². The van der Waals surface area contributed by atoms with Gasteiger partial charge >= 0.3 is 12.1 Å². The van der Waals surface area contributed by atoms with Gasteiger partial charge in [-0.05, 0) is 22.6 Å². The second kappa shape index (κ2) is 4.99. The van der Waals surface area contributed by atoms with E-state index >= 15 is 0 Å². The molecule has 0 aromatic carbocycles. The Labute approximate surface area is 100 Å². The van der Waals surface area contributed by atoms with Crippen LogP contribution < -0.4 is 11.2 Å². The SMILES string of the molecule is O=c1[nH]c(=O)n(CCOC(F)(F)F)cc1I. The van der Waals surface area contributed by atoms with E-state index in [1.54, 1.807) is 22.6 Å². The molecule has 9 heteroatoms.